The van der Waals surface area contributed by atoms with Gasteiger partial charge in [0.05, 0.1) is 23.3 Å². The molecule has 0 bridgehead atoms. The predicted octanol–water partition coefficient (Wildman–Crippen LogP) is 4.19. The van der Waals surface area contributed by atoms with Gasteiger partial charge in [0.2, 0.25) is 5.91 Å². The summed E-state index contributed by atoms with van der Waals surface area (Å²) in [5, 5.41) is 2.81. The third-order valence-corrected chi connectivity index (χ3v) is 7.72. The van der Waals surface area contributed by atoms with Crippen LogP contribution >= 0.6 is 24.0 Å². The molecule has 2 aromatic carbocycles. The van der Waals surface area contributed by atoms with Crippen molar-refractivity contribution >= 4 is 63.0 Å². The van der Waals surface area contributed by atoms with Crippen LogP contribution in [0.2, 0.25) is 0 Å². The van der Waals surface area contributed by atoms with Gasteiger partial charge in [-0.1, -0.05) is 55.0 Å². The lowest BCUT2D eigenvalue weighted by Gasteiger charge is -2.22. The number of hydrogen-bond acceptors (Lipinski definition) is 6. The molecule has 3 aliphatic rings. The Balaban J connectivity index is 1.42. The Morgan fingerprint density at radius 2 is 1.79 bits per heavy atom. The van der Waals surface area contributed by atoms with E-state index in [1.54, 1.807) is 42.3 Å². The highest BCUT2D eigenvalue weighted by atomic mass is 32.2. The first kappa shape index (κ1) is 22.6. The molecule has 1 N–H and O–H groups in total. The van der Waals surface area contributed by atoms with E-state index >= 15 is 0 Å². The molecule has 0 radical (unpaired) electrons. The van der Waals surface area contributed by atoms with Crippen molar-refractivity contribution in [3.8, 4) is 5.75 Å². The van der Waals surface area contributed by atoms with Crippen LogP contribution in [-0.4, -0.2) is 46.6 Å². The molecule has 0 unspecified atom stereocenters. The maximum atomic E-state index is 13.5. The number of nitrogens with zero attached hydrogens (tertiary/aromatic N) is 2. The molecule has 2 aliphatic heterocycles. The molecule has 1 saturated heterocycles. The number of methoxy groups -OCH3 is 1. The van der Waals surface area contributed by atoms with E-state index in [-0.39, 0.29) is 30.3 Å². The summed E-state index contributed by atoms with van der Waals surface area (Å²) in [5.41, 5.74) is 2.18. The van der Waals surface area contributed by atoms with Gasteiger partial charge in [0, 0.05) is 17.3 Å². The molecule has 2 fully saturated rings. The number of anilines is 2. The molecular formula is C25H23N3O4S2. The molecule has 0 atom stereocenters. The van der Waals surface area contributed by atoms with Crippen molar-refractivity contribution in [3.63, 3.8) is 0 Å². The molecule has 1 aliphatic carbocycles. The Morgan fingerprint density at radius 1 is 1.09 bits per heavy atom. The van der Waals surface area contributed by atoms with E-state index < -0.39 is 0 Å². The van der Waals surface area contributed by atoms with Gasteiger partial charge in [-0.25, -0.2) is 0 Å². The minimum atomic E-state index is -0.363. The molecule has 9 heteroatoms. The number of benzene rings is 2. The molecule has 174 valence electrons. The van der Waals surface area contributed by atoms with Crippen molar-refractivity contribution in [2.24, 2.45) is 0 Å². The van der Waals surface area contributed by atoms with Crippen molar-refractivity contribution in [2.75, 3.05) is 23.9 Å². The zero-order valence-electron chi connectivity index (χ0n) is 18.6. The normalized spacial score (nSPS) is 20.3. The second kappa shape index (κ2) is 9.23. The molecule has 7 nitrogen and oxygen atoms in total. The lowest BCUT2D eigenvalue weighted by Crippen LogP contribution is -2.37. The molecule has 2 heterocycles. The van der Waals surface area contributed by atoms with E-state index in [4.69, 9.17) is 17.0 Å². The number of nitrogens with one attached hydrogen (secondary N) is 1. The summed E-state index contributed by atoms with van der Waals surface area (Å²) in [5.74, 6) is -0.225. The second-order valence-electron chi connectivity index (χ2n) is 8.37. The summed E-state index contributed by atoms with van der Waals surface area (Å²) in [4.78, 5) is 43.2. The standard InChI is InChI=1S/C25H23N3O4S2/c1-32-17-12-10-15(11-13-17)26-20(29)14-27-19-9-5-4-8-18(19)21(23(27)30)22-24(31)28(25(33)34-22)16-6-2-3-7-16/h4-5,8-13,16H,2-3,6-7,14H2,1H3,(H,26,29)/b22-21+. The molecule has 3 amide bonds. The SMILES string of the molecule is COc1ccc(NC(=O)CN2C(=O)/C(=C3/SC(=S)N(C4CCCC4)C3=O)c3ccccc32)cc1. The Bertz CT molecular complexity index is 1220. The van der Waals surface area contributed by atoms with Gasteiger partial charge in [0.15, 0.2) is 0 Å². The lowest BCUT2D eigenvalue weighted by atomic mass is 10.1. The van der Waals surface area contributed by atoms with Gasteiger partial charge in [-0.15, -0.1) is 0 Å². The summed E-state index contributed by atoms with van der Waals surface area (Å²) in [6, 6.07) is 14.3. The summed E-state index contributed by atoms with van der Waals surface area (Å²) < 4.78 is 5.64. The van der Waals surface area contributed by atoms with Crippen LogP contribution in [0.1, 0.15) is 31.2 Å². The summed E-state index contributed by atoms with van der Waals surface area (Å²) in [6.07, 6.45) is 4.01. The van der Waals surface area contributed by atoms with E-state index in [1.807, 2.05) is 18.2 Å². The number of para-hydroxylation sites is 1. The highest BCUT2D eigenvalue weighted by Gasteiger charge is 2.44. The fourth-order valence-corrected chi connectivity index (χ4v) is 6.15. The first-order valence-corrected chi connectivity index (χ1v) is 12.3. The van der Waals surface area contributed by atoms with Crippen LogP contribution in [0.3, 0.4) is 0 Å². The third kappa shape index (κ3) is 3.99. The van der Waals surface area contributed by atoms with Gasteiger partial charge in [0.25, 0.3) is 11.8 Å². The number of fused-ring (bicyclic) bond motifs is 1. The third-order valence-electron chi connectivity index (χ3n) is 6.31. The Kier molecular flexibility index (Phi) is 6.14. The van der Waals surface area contributed by atoms with Crippen LogP contribution in [-0.2, 0) is 14.4 Å². The van der Waals surface area contributed by atoms with Gasteiger partial charge >= 0.3 is 0 Å². The first-order chi connectivity index (χ1) is 16.5. The van der Waals surface area contributed by atoms with Crippen molar-refractivity contribution in [3.05, 3.63) is 59.0 Å². The highest BCUT2D eigenvalue weighted by molar-refractivity contribution is 8.26. The predicted molar refractivity (Wildman–Crippen MR) is 137 cm³/mol. The number of rotatable bonds is 5. The van der Waals surface area contributed by atoms with Crippen molar-refractivity contribution in [1.29, 1.82) is 0 Å². The summed E-state index contributed by atoms with van der Waals surface area (Å²) in [7, 11) is 1.57. The summed E-state index contributed by atoms with van der Waals surface area (Å²) >= 11 is 6.72. The van der Waals surface area contributed by atoms with E-state index in [2.05, 4.69) is 5.32 Å². The number of ether oxygens (including phenoxy) is 1. The van der Waals surface area contributed by atoms with Crippen LogP contribution in [0.15, 0.2) is 53.4 Å². The molecule has 5 rings (SSSR count). The maximum Gasteiger partial charge on any atom is 0.267 e. The van der Waals surface area contributed by atoms with E-state index in [1.165, 1.54) is 16.7 Å². The maximum absolute atomic E-state index is 13.5. The van der Waals surface area contributed by atoms with Crippen LogP contribution in [0.4, 0.5) is 11.4 Å². The average Bonchev–Trinajstić information content (AvgIpc) is 3.52. The molecule has 1 saturated carbocycles. The lowest BCUT2D eigenvalue weighted by molar-refractivity contribution is -0.123. The van der Waals surface area contributed by atoms with Gasteiger partial charge in [0.1, 0.15) is 16.6 Å². The number of carbonyl (C=O) groups is 3. The zero-order chi connectivity index (χ0) is 23.8. The molecule has 2 aromatic rings. The number of thiocarbonyl (C=S) groups is 1. The molecular weight excluding hydrogens is 470 g/mol. The Labute approximate surface area is 207 Å². The quantitative estimate of drug-likeness (QED) is 0.497. The monoisotopic (exact) mass is 493 g/mol. The Morgan fingerprint density at radius 3 is 2.50 bits per heavy atom. The fourth-order valence-electron chi connectivity index (χ4n) is 4.68. The minimum Gasteiger partial charge on any atom is -0.497 e. The molecule has 0 aromatic heterocycles. The van der Waals surface area contributed by atoms with Gasteiger partial charge in [-0.2, -0.15) is 0 Å². The second-order valence-corrected chi connectivity index (χ2v) is 10.0. The van der Waals surface area contributed by atoms with Crippen LogP contribution in [0.5, 0.6) is 5.75 Å². The Hall–Kier alpha value is -3.17. The van der Waals surface area contributed by atoms with Crippen LogP contribution in [0, 0.1) is 0 Å². The fraction of sp³-hybridized carbons (Fsp3) is 0.280. The smallest absolute Gasteiger partial charge is 0.267 e. The minimum absolute atomic E-state index is 0.101. The molecule has 0 spiro atoms. The largest absolute Gasteiger partial charge is 0.497 e. The average molecular weight is 494 g/mol. The first-order valence-electron chi connectivity index (χ1n) is 11.1. The van der Waals surface area contributed by atoms with E-state index in [0.717, 1.165) is 25.7 Å². The van der Waals surface area contributed by atoms with Crippen LogP contribution in [0.25, 0.3) is 5.57 Å². The van der Waals surface area contributed by atoms with Gasteiger partial charge in [-0.3, -0.25) is 24.2 Å². The number of carbonyl (C=O) groups excluding carboxylic acids is 3. The van der Waals surface area contributed by atoms with Crippen molar-refractivity contribution in [2.45, 2.75) is 31.7 Å². The van der Waals surface area contributed by atoms with Crippen molar-refractivity contribution < 1.29 is 19.1 Å². The van der Waals surface area contributed by atoms with Crippen molar-refractivity contribution in [1.82, 2.24) is 4.90 Å². The highest BCUT2D eigenvalue weighted by Crippen LogP contribution is 2.46. The number of amides is 3. The van der Waals surface area contributed by atoms with Crippen LogP contribution < -0.4 is 15.0 Å². The summed E-state index contributed by atoms with van der Waals surface area (Å²) in [6.45, 7) is -0.172. The van der Waals surface area contributed by atoms with Gasteiger partial charge < -0.3 is 10.1 Å². The van der Waals surface area contributed by atoms with Gasteiger partial charge in [-0.05, 0) is 43.2 Å². The topological polar surface area (TPSA) is 79.0 Å². The number of hydrogen-bond donors (Lipinski definition) is 1. The zero-order valence-corrected chi connectivity index (χ0v) is 20.2. The van der Waals surface area contributed by atoms with E-state index in [9.17, 15) is 14.4 Å². The number of thioether (sulfide) groups is 1. The molecule has 34 heavy (non-hydrogen) atoms. The van der Waals surface area contributed by atoms with E-state index in [0.29, 0.717) is 37.5 Å².